The summed E-state index contributed by atoms with van der Waals surface area (Å²) in [7, 11) is 3.24. The number of hydrogen-bond acceptors (Lipinski definition) is 4. The molecule has 0 aromatic carbocycles. The molecular weight excluding hydrogens is 234 g/mol. The molecule has 5 heteroatoms. The van der Waals surface area contributed by atoms with Crippen LogP contribution in [0.3, 0.4) is 0 Å². The molecule has 1 aliphatic rings. The largest absolute Gasteiger partial charge is 0.383 e. The third-order valence-corrected chi connectivity index (χ3v) is 3.21. The Bertz CT molecular complexity index is 257. The van der Waals surface area contributed by atoms with Crippen molar-refractivity contribution in [2.24, 2.45) is 11.8 Å². The van der Waals surface area contributed by atoms with Crippen LogP contribution in [0.1, 0.15) is 20.3 Å². The van der Waals surface area contributed by atoms with E-state index >= 15 is 0 Å². The van der Waals surface area contributed by atoms with E-state index < -0.39 is 0 Å². The van der Waals surface area contributed by atoms with E-state index in [0.29, 0.717) is 25.7 Å². The maximum Gasteiger partial charge on any atom is 0.230 e. The SMILES string of the molecule is COCCN1C(=O)[C@H](COCOC)[C@@H]1CC(C)C. The van der Waals surface area contributed by atoms with Gasteiger partial charge in [0.2, 0.25) is 5.91 Å². The fraction of sp³-hybridized carbons (Fsp3) is 0.923. The van der Waals surface area contributed by atoms with E-state index in [9.17, 15) is 4.79 Å². The van der Waals surface area contributed by atoms with Gasteiger partial charge in [-0.15, -0.1) is 0 Å². The summed E-state index contributed by atoms with van der Waals surface area (Å²) in [5.41, 5.74) is 0. The number of β-lactam (4-membered cyclic amide) rings is 1. The van der Waals surface area contributed by atoms with Crippen LogP contribution in [-0.4, -0.2) is 57.6 Å². The second kappa shape index (κ2) is 7.71. The topological polar surface area (TPSA) is 48.0 Å². The molecule has 0 aromatic rings. The molecule has 1 rings (SSSR count). The molecular formula is C13H25NO4. The van der Waals surface area contributed by atoms with Gasteiger partial charge in [-0.25, -0.2) is 0 Å². The first-order valence-electron chi connectivity index (χ1n) is 6.47. The van der Waals surface area contributed by atoms with Crippen LogP contribution in [0, 0.1) is 11.8 Å². The number of rotatable bonds is 9. The van der Waals surface area contributed by atoms with Gasteiger partial charge in [0.15, 0.2) is 0 Å². The monoisotopic (exact) mass is 259 g/mol. The zero-order valence-electron chi connectivity index (χ0n) is 11.8. The Labute approximate surface area is 109 Å². The van der Waals surface area contributed by atoms with Crippen molar-refractivity contribution in [3.05, 3.63) is 0 Å². The summed E-state index contributed by atoms with van der Waals surface area (Å²) in [6.45, 7) is 6.30. The van der Waals surface area contributed by atoms with Crippen LogP contribution in [0.2, 0.25) is 0 Å². The molecule has 1 aliphatic heterocycles. The van der Waals surface area contributed by atoms with E-state index in [4.69, 9.17) is 14.2 Å². The first-order valence-corrected chi connectivity index (χ1v) is 6.47. The number of ether oxygens (including phenoxy) is 3. The summed E-state index contributed by atoms with van der Waals surface area (Å²) >= 11 is 0. The zero-order valence-corrected chi connectivity index (χ0v) is 11.8. The van der Waals surface area contributed by atoms with Crippen LogP contribution in [0.4, 0.5) is 0 Å². The molecule has 0 spiro atoms. The van der Waals surface area contributed by atoms with Crippen LogP contribution >= 0.6 is 0 Å². The maximum absolute atomic E-state index is 12.0. The third-order valence-electron chi connectivity index (χ3n) is 3.21. The number of likely N-dealkylation sites (tertiary alicyclic amines) is 1. The Balaban J connectivity index is 2.47. The zero-order chi connectivity index (χ0) is 13.5. The highest BCUT2D eigenvalue weighted by atomic mass is 16.7. The minimum atomic E-state index is -0.0144. The van der Waals surface area contributed by atoms with Crippen molar-refractivity contribution in [3.63, 3.8) is 0 Å². The number of carbonyl (C=O) groups is 1. The van der Waals surface area contributed by atoms with Crippen molar-refractivity contribution >= 4 is 5.91 Å². The minimum Gasteiger partial charge on any atom is -0.383 e. The molecule has 1 fully saturated rings. The molecule has 5 nitrogen and oxygen atoms in total. The molecule has 0 radical (unpaired) electrons. The van der Waals surface area contributed by atoms with E-state index in [1.807, 2.05) is 4.90 Å². The van der Waals surface area contributed by atoms with Crippen LogP contribution in [0.15, 0.2) is 0 Å². The average Bonchev–Trinajstić information content (AvgIpc) is 2.33. The summed E-state index contributed by atoms with van der Waals surface area (Å²) in [5.74, 6) is 0.728. The molecule has 1 heterocycles. The van der Waals surface area contributed by atoms with Crippen molar-refractivity contribution in [2.75, 3.05) is 40.8 Å². The number of amides is 1. The van der Waals surface area contributed by atoms with Gasteiger partial charge < -0.3 is 19.1 Å². The second-order valence-corrected chi connectivity index (χ2v) is 5.11. The molecule has 0 aliphatic carbocycles. The molecule has 2 atom stereocenters. The third kappa shape index (κ3) is 3.93. The number of hydrogen-bond donors (Lipinski definition) is 0. The lowest BCUT2D eigenvalue weighted by molar-refractivity contribution is -0.166. The number of nitrogens with zero attached hydrogens (tertiary/aromatic N) is 1. The predicted molar refractivity (Wildman–Crippen MR) is 68.2 cm³/mol. The average molecular weight is 259 g/mol. The highest BCUT2D eigenvalue weighted by molar-refractivity contribution is 5.86. The maximum atomic E-state index is 12.0. The second-order valence-electron chi connectivity index (χ2n) is 5.11. The highest BCUT2D eigenvalue weighted by Crippen LogP contribution is 2.31. The van der Waals surface area contributed by atoms with Crippen molar-refractivity contribution in [1.82, 2.24) is 4.90 Å². The molecule has 0 N–H and O–H groups in total. The predicted octanol–water partition coefficient (Wildman–Crippen LogP) is 1.13. The molecule has 18 heavy (non-hydrogen) atoms. The fourth-order valence-electron chi connectivity index (χ4n) is 2.36. The molecule has 0 aromatic heterocycles. The Morgan fingerprint density at radius 1 is 1.28 bits per heavy atom. The molecule has 0 unspecified atom stereocenters. The first kappa shape index (κ1) is 15.4. The number of methoxy groups -OCH3 is 2. The number of carbonyl (C=O) groups excluding carboxylic acids is 1. The summed E-state index contributed by atoms with van der Waals surface area (Å²) in [5, 5.41) is 0. The van der Waals surface area contributed by atoms with E-state index in [1.165, 1.54) is 0 Å². The molecule has 0 saturated carbocycles. The van der Waals surface area contributed by atoms with Gasteiger partial charge in [-0.3, -0.25) is 4.79 Å². The van der Waals surface area contributed by atoms with Crippen molar-refractivity contribution in [2.45, 2.75) is 26.3 Å². The van der Waals surface area contributed by atoms with Gasteiger partial charge in [0.05, 0.1) is 19.1 Å². The van der Waals surface area contributed by atoms with Gasteiger partial charge in [0.1, 0.15) is 6.79 Å². The first-order chi connectivity index (χ1) is 8.61. The van der Waals surface area contributed by atoms with Crippen molar-refractivity contribution in [3.8, 4) is 0 Å². The lowest BCUT2D eigenvalue weighted by atomic mass is 9.82. The smallest absolute Gasteiger partial charge is 0.230 e. The van der Waals surface area contributed by atoms with Crippen LogP contribution < -0.4 is 0 Å². The van der Waals surface area contributed by atoms with Crippen molar-refractivity contribution in [1.29, 1.82) is 0 Å². The molecule has 106 valence electrons. The standard InChI is InChI=1S/C13H25NO4/c1-10(2)7-12-11(8-18-9-17-4)13(15)14(12)5-6-16-3/h10-12H,5-9H2,1-4H3/t11-,12+/m1/s1. The lowest BCUT2D eigenvalue weighted by Crippen LogP contribution is -2.63. The summed E-state index contributed by atoms with van der Waals surface area (Å²) in [6.07, 6.45) is 1.01. The highest BCUT2D eigenvalue weighted by Gasteiger charge is 2.46. The summed E-state index contributed by atoms with van der Waals surface area (Å²) in [6, 6.07) is 0.282. The van der Waals surface area contributed by atoms with Crippen LogP contribution in [0.5, 0.6) is 0 Å². The normalized spacial score (nSPS) is 23.6. The van der Waals surface area contributed by atoms with E-state index in [2.05, 4.69) is 13.8 Å². The Morgan fingerprint density at radius 2 is 2.00 bits per heavy atom. The fourth-order valence-corrected chi connectivity index (χ4v) is 2.36. The van der Waals surface area contributed by atoms with Gasteiger partial charge in [-0.1, -0.05) is 13.8 Å². The molecule has 1 amide bonds. The van der Waals surface area contributed by atoms with Gasteiger partial charge in [0, 0.05) is 26.8 Å². The lowest BCUT2D eigenvalue weighted by Gasteiger charge is -2.48. The molecule has 0 bridgehead atoms. The van der Waals surface area contributed by atoms with Gasteiger partial charge >= 0.3 is 0 Å². The summed E-state index contributed by atoms with van der Waals surface area (Å²) < 4.78 is 15.2. The van der Waals surface area contributed by atoms with Gasteiger partial charge in [0.25, 0.3) is 0 Å². The minimum absolute atomic E-state index is 0.0144. The molecule has 1 saturated heterocycles. The Hall–Kier alpha value is -0.650. The Morgan fingerprint density at radius 3 is 2.56 bits per heavy atom. The summed E-state index contributed by atoms with van der Waals surface area (Å²) in [4.78, 5) is 13.9. The van der Waals surface area contributed by atoms with E-state index in [1.54, 1.807) is 14.2 Å². The van der Waals surface area contributed by atoms with Gasteiger partial charge in [-0.2, -0.15) is 0 Å². The van der Waals surface area contributed by atoms with E-state index in [0.717, 1.165) is 6.42 Å². The van der Waals surface area contributed by atoms with E-state index in [-0.39, 0.29) is 24.7 Å². The van der Waals surface area contributed by atoms with Gasteiger partial charge in [-0.05, 0) is 12.3 Å². The van der Waals surface area contributed by atoms with Crippen molar-refractivity contribution < 1.29 is 19.0 Å². The van der Waals surface area contributed by atoms with Crippen LogP contribution in [0.25, 0.3) is 0 Å². The van der Waals surface area contributed by atoms with Crippen LogP contribution in [-0.2, 0) is 19.0 Å². The Kier molecular flexibility index (Phi) is 6.60. The quantitative estimate of drug-likeness (QED) is 0.354.